The van der Waals surface area contributed by atoms with Crippen molar-refractivity contribution in [2.45, 2.75) is 38.6 Å². The van der Waals surface area contributed by atoms with Gasteiger partial charge in [-0.15, -0.1) is 11.3 Å². The van der Waals surface area contributed by atoms with Crippen LogP contribution in [0.25, 0.3) is 0 Å². The van der Waals surface area contributed by atoms with Crippen molar-refractivity contribution >= 4 is 23.3 Å². The predicted molar refractivity (Wildman–Crippen MR) is 89.4 cm³/mol. The van der Waals surface area contributed by atoms with Crippen LogP contribution < -0.4 is 5.32 Å². The molecule has 3 rings (SSSR count). The number of hydrogen-bond donors (Lipinski definition) is 1. The molecular formula is C16H24N4O2S. The Balaban J connectivity index is 1.63. The molecule has 0 bridgehead atoms. The Hall–Kier alpha value is -1.47. The second-order valence-corrected chi connectivity index (χ2v) is 7.69. The van der Waals surface area contributed by atoms with Gasteiger partial charge in [0, 0.05) is 30.9 Å². The Morgan fingerprint density at radius 1 is 1.48 bits per heavy atom. The summed E-state index contributed by atoms with van der Waals surface area (Å²) in [7, 11) is 1.55. The van der Waals surface area contributed by atoms with Crippen molar-refractivity contribution in [1.29, 1.82) is 0 Å². The highest BCUT2D eigenvalue weighted by molar-refractivity contribution is 7.09. The lowest BCUT2D eigenvalue weighted by molar-refractivity contribution is -0.132. The first-order valence-corrected chi connectivity index (χ1v) is 9.01. The third-order valence-corrected chi connectivity index (χ3v) is 6.24. The highest BCUT2D eigenvalue weighted by Crippen LogP contribution is 2.32. The molecule has 0 aliphatic carbocycles. The Bertz CT molecular complexity index is 617. The van der Waals surface area contributed by atoms with Gasteiger partial charge in [0.05, 0.1) is 11.2 Å². The molecule has 0 unspecified atom stereocenters. The second-order valence-electron chi connectivity index (χ2n) is 6.75. The summed E-state index contributed by atoms with van der Waals surface area (Å²) in [4.78, 5) is 33.5. The molecule has 2 aliphatic heterocycles. The molecule has 0 saturated carbocycles. The molecule has 3 amide bonds. The molecule has 0 radical (unpaired) electrons. The fourth-order valence-corrected chi connectivity index (χ4v) is 4.40. The number of urea groups is 1. The first-order valence-electron chi connectivity index (χ1n) is 8.13. The van der Waals surface area contributed by atoms with Crippen molar-refractivity contribution in [3.8, 4) is 0 Å². The molecule has 7 heteroatoms. The van der Waals surface area contributed by atoms with Gasteiger partial charge in [0.25, 0.3) is 5.91 Å². The lowest BCUT2D eigenvalue weighted by Gasteiger charge is -2.39. The van der Waals surface area contributed by atoms with Crippen LogP contribution in [0.15, 0.2) is 5.51 Å². The molecule has 3 heterocycles. The van der Waals surface area contributed by atoms with Crippen LogP contribution in [0.1, 0.15) is 30.3 Å². The van der Waals surface area contributed by atoms with Crippen LogP contribution in [0.2, 0.25) is 0 Å². The molecule has 2 aliphatic rings. The van der Waals surface area contributed by atoms with Crippen LogP contribution in [0.4, 0.5) is 4.79 Å². The number of piperidine rings is 1. The molecule has 2 saturated heterocycles. The molecule has 0 aromatic carbocycles. The van der Waals surface area contributed by atoms with Crippen molar-refractivity contribution in [2.24, 2.45) is 5.92 Å². The minimum Gasteiger partial charge on any atom is -0.323 e. The Morgan fingerprint density at radius 3 is 2.87 bits per heavy atom. The maximum atomic E-state index is 12.5. The number of aryl methyl sites for hydroxylation is 1. The normalized spacial score (nSPS) is 29.2. The number of nitrogens with one attached hydrogen (secondary N) is 1. The number of thiazole rings is 1. The highest BCUT2D eigenvalue weighted by Gasteiger charge is 2.51. The predicted octanol–water partition coefficient (Wildman–Crippen LogP) is 1.65. The van der Waals surface area contributed by atoms with Crippen LogP contribution in [0.3, 0.4) is 0 Å². The van der Waals surface area contributed by atoms with Gasteiger partial charge in [-0.25, -0.2) is 9.78 Å². The number of likely N-dealkylation sites (tertiary alicyclic amines) is 1. The minimum atomic E-state index is -0.759. The van der Waals surface area contributed by atoms with Gasteiger partial charge < -0.3 is 10.2 Å². The minimum absolute atomic E-state index is 0.104. The van der Waals surface area contributed by atoms with Gasteiger partial charge in [0.15, 0.2) is 0 Å². The number of aromatic nitrogens is 1. The van der Waals surface area contributed by atoms with Crippen LogP contribution in [0, 0.1) is 12.8 Å². The van der Waals surface area contributed by atoms with Gasteiger partial charge >= 0.3 is 6.03 Å². The average molecular weight is 336 g/mol. The monoisotopic (exact) mass is 336 g/mol. The zero-order valence-corrected chi connectivity index (χ0v) is 14.8. The van der Waals surface area contributed by atoms with Gasteiger partial charge in [-0.05, 0) is 39.7 Å². The Kier molecular flexibility index (Phi) is 4.42. The summed E-state index contributed by atoms with van der Waals surface area (Å²) in [6, 6.07) is -0.282. The summed E-state index contributed by atoms with van der Waals surface area (Å²) < 4.78 is 0. The number of hydrogen-bond acceptors (Lipinski definition) is 5. The molecule has 1 N–H and O–H groups in total. The van der Waals surface area contributed by atoms with E-state index in [2.05, 4.69) is 22.1 Å². The molecule has 2 fully saturated rings. The number of carbonyl (C=O) groups excluding carboxylic acids is 2. The van der Waals surface area contributed by atoms with Gasteiger partial charge in [-0.1, -0.05) is 0 Å². The molecule has 126 valence electrons. The quantitative estimate of drug-likeness (QED) is 0.849. The van der Waals surface area contributed by atoms with Crippen molar-refractivity contribution in [2.75, 3.05) is 26.7 Å². The maximum Gasteiger partial charge on any atom is 0.324 e. The summed E-state index contributed by atoms with van der Waals surface area (Å²) in [5, 5.41) is 2.90. The Morgan fingerprint density at radius 2 is 2.26 bits per heavy atom. The maximum absolute atomic E-state index is 12.5. The number of likely N-dealkylation sites (N-methyl/N-ethyl adjacent to an activating group) is 1. The zero-order valence-electron chi connectivity index (χ0n) is 14.0. The topological polar surface area (TPSA) is 65.5 Å². The summed E-state index contributed by atoms with van der Waals surface area (Å²) in [6.07, 6.45) is 3.04. The van der Waals surface area contributed by atoms with Gasteiger partial charge in [-0.2, -0.15) is 0 Å². The summed E-state index contributed by atoms with van der Waals surface area (Å²) in [5.41, 5.74) is 2.26. The van der Waals surface area contributed by atoms with Crippen LogP contribution in [-0.4, -0.2) is 58.9 Å². The third-order valence-electron chi connectivity index (χ3n) is 5.24. The Labute approximate surface area is 140 Å². The van der Waals surface area contributed by atoms with Crippen LogP contribution in [0.5, 0.6) is 0 Å². The van der Waals surface area contributed by atoms with Crippen molar-refractivity contribution in [3.05, 3.63) is 16.1 Å². The lowest BCUT2D eigenvalue weighted by Crippen LogP contribution is -2.55. The zero-order chi connectivity index (χ0) is 16.6. The van der Waals surface area contributed by atoms with Gasteiger partial charge in [0.2, 0.25) is 0 Å². The molecule has 2 atom stereocenters. The molecule has 6 nitrogen and oxygen atoms in total. The average Bonchev–Trinajstić information content (AvgIpc) is 3.04. The standard InChI is InChI=1S/C16H24N4O2S/c1-11-13(23-10-17-11)6-8-20-7-4-5-12(9-20)16(2)14(21)19(3)15(22)18-16/h10,12H,4-9H2,1-3H3,(H,18,22)/t12-,16+/m0/s1. The van der Waals surface area contributed by atoms with E-state index in [1.807, 2.05) is 12.4 Å². The second kappa shape index (κ2) is 6.20. The third kappa shape index (κ3) is 2.99. The molecule has 1 aromatic heterocycles. The highest BCUT2D eigenvalue weighted by atomic mass is 32.1. The number of imide groups is 1. The first kappa shape index (κ1) is 16.4. The summed E-state index contributed by atoms with van der Waals surface area (Å²) >= 11 is 1.71. The number of rotatable bonds is 4. The summed E-state index contributed by atoms with van der Waals surface area (Å²) in [5.74, 6) is 0.0628. The van der Waals surface area contributed by atoms with Gasteiger partial charge in [0.1, 0.15) is 5.54 Å². The van der Waals surface area contributed by atoms with Crippen molar-refractivity contribution in [1.82, 2.24) is 20.1 Å². The molecule has 1 aromatic rings. The van der Waals surface area contributed by atoms with Crippen molar-refractivity contribution in [3.63, 3.8) is 0 Å². The van der Waals surface area contributed by atoms with Crippen LogP contribution >= 0.6 is 11.3 Å². The largest absolute Gasteiger partial charge is 0.324 e. The van der Waals surface area contributed by atoms with E-state index >= 15 is 0 Å². The number of carbonyl (C=O) groups is 2. The number of nitrogens with zero attached hydrogens (tertiary/aromatic N) is 3. The van der Waals surface area contributed by atoms with E-state index in [4.69, 9.17) is 0 Å². The van der Waals surface area contributed by atoms with E-state index in [1.165, 1.54) is 9.78 Å². The van der Waals surface area contributed by atoms with E-state index in [0.29, 0.717) is 0 Å². The smallest absolute Gasteiger partial charge is 0.323 e. The first-order chi connectivity index (χ1) is 10.9. The van der Waals surface area contributed by atoms with E-state index < -0.39 is 5.54 Å². The van der Waals surface area contributed by atoms with Crippen LogP contribution in [-0.2, 0) is 11.2 Å². The fourth-order valence-electron chi connectivity index (χ4n) is 3.63. The van der Waals surface area contributed by atoms with E-state index in [9.17, 15) is 9.59 Å². The van der Waals surface area contributed by atoms with E-state index in [1.54, 1.807) is 18.4 Å². The fraction of sp³-hybridized carbons (Fsp3) is 0.688. The number of amides is 3. The summed E-state index contributed by atoms with van der Waals surface area (Å²) in [6.45, 7) is 6.82. The van der Waals surface area contributed by atoms with E-state index in [0.717, 1.165) is 44.6 Å². The SMILES string of the molecule is Cc1ncsc1CCN1CCC[C@H]([C@@]2(C)NC(=O)N(C)C2=O)C1. The van der Waals surface area contributed by atoms with E-state index in [-0.39, 0.29) is 17.9 Å². The molecule has 0 spiro atoms. The molecule has 23 heavy (non-hydrogen) atoms. The van der Waals surface area contributed by atoms with Gasteiger partial charge in [-0.3, -0.25) is 9.69 Å². The van der Waals surface area contributed by atoms with Crippen molar-refractivity contribution < 1.29 is 9.59 Å². The molecular weight excluding hydrogens is 312 g/mol. The lowest BCUT2D eigenvalue weighted by atomic mass is 9.80.